The number of hydrogen-bond donors (Lipinski definition) is 0. The number of rotatable bonds is 5. The van der Waals surface area contributed by atoms with Crippen molar-refractivity contribution in [3.8, 4) is 0 Å². The van der Waals surface area contributed by atoms with E-state index >= 15 is 0 Å². The fourth-order valence-corrected chi connectivity index (χ4v) is 3.16. The normalized spacial score (nSPS) is 29.2. The molecule has 0 aromatic carbocycles. The Morgan fingerprint density at radius 2 is 1.94 bits per heavy atom. The molecule has 0 bridgehead atoms. The first-order valence-electron chi connectivity index (χ1n) is 6.96. The van der Waals surface area contributed by atoms with Gasteiger partial charge in [0, 0.05) is 24.2 Å². The van der Waals surface area contributed by atoms with Gasteiger partial charge < -0.3 is 4.90 Å². The third-order valence-electron chi connectivity index (χ3n) is 4.35. The summed E-state index contributed by atoms with van der Waals surface area (Å²) >= 11 is 0. The molecule has 0 N–H and O–H groups in total. The summed E-state index contributed by atoms with van der Waals surface area (Å²) in [6, 6.07) is 0.695. The van der Waals surface area contributed by atoms with Crippen LogP contribution in [-0.2, 0) is 0 Å². The summed E-state index contributed by atoms with van der Waals surface area (Å²) in [5.41, 5.74) is 1.40. The Kier molecular flexibility index (Phi) is 4.89. The summed E-state index contributed by atoms with van der Waals surface area (Å²) in [6.45, 7) is 17.3. The van der Waals surface area contributed by atoms with E-state index in [9.17, 15) is 0 Å². The molecule has 1 nitrogen and oxygen atoms in total. The van der Waals surface area contributed by atoms with Crippen molar-refractivity contribution in [3.05, 3.63) is 12.3 Å². The Morgan fingerprint density at radius 3 is 2.31 bits per heavy atom. The Hall–Kier alpha value is -0.460. The SMILES string of the molecule is C=C(C(CC)C(C)CC)N1CC(C)CC1C. The first kappa shape index (κ1) is 13.6. The van der Waals surface area contributed by atoms with Gasteiger partial charge in [0.05, 0.1) is 0 Å². The van der Waals surface area contributed by atoms with E-state index in [1.165, 1.54) is 31.5 Å². The van der Waals surface area contributed by atoms with Crippen molar-refractivity contribution in [2.24, 2.45) is 17.8 Å². The molecule has 1 fully saturated rings. The van der Waals surface area contributed by atoms with Crippen LogP contribution in [0.3, 0.4) is 0 Å². The highest BCUT2D eigenvalue weighted by molar-refractivity contribution is 5.05. The summed E-state index contributed by atoms with van der Waals surface area (Å²) < 4.78 is 0. The van der Waals surface area contributed by atoms with Gasteiger partial charge in [-0.2, -0.15) is 0 Å². The van der Waals surface area contributed by atoms with Crippen molar-refractivity contribution in [3.63, 3.8) is 0 Å². The maximum absolute atomic E-state index is 4.39. The van der Waals surface area contributed by atoms with Crippen LogP contribution < -0.4 is 0 Å². The topological polar surface area (TPSA) is 3.24 Å². The van der Waals surface area contributed by atoms with Crippen LogP contribution in [-0.4, -0.2) is 17.5 Å². The van der Waals surface area contributed by atoms with Gasteiger partial charge in [-0.3, -0.25) is 0 Å². The maximum Gasteiger partial charge on any atom is 0.0261 e. The lowest BCUT2D eigenvalue weighted by molar-refractivity contribution is 0.251. The quantitative estimate of drug-likeness (QED) is 0.671. The summed E-state index contributed by atoms with van der Waals surface area (Å²) in [7, 11) is 0. The number of hydrogen-bond acceptors (Lipinski definition) is 1. The second kappa shape index (κ2) is 5.75. The molecule has 94 valence electrons. The largest absolute Gasteiger partial charge is 0.372 e. The molecular weight excluding hydrogens is 194 g/mol. The van der Waals surface area contributed by atoms with Crippen molar-refractivity contribution in [1.29, 1.82) is 0 Å². The highest BCUT2D eigenvalue weighted by Crippen LogP contribution is 2.34. The molecule has 1 rings (SSSR count). The van der Waals surface area contributed by atoms with Gasteiger partial charge in [0.15, 0.2) is 0 Å². The van der Waals surface area contributed by atoms with Gasteiger partial charge in [0.1, 0.15) is 0 Å². The van der Waals surface area contributed by atoms with Crippen LogP contribution in [0.4, 0.5) is 0 Å². The molecule has 0 aromatic heterocycles. The lowest BCUT2D eigenvalue weighted by Crippen LogP contribution is -2.31. The summed E-state index contributed by atoms with van der Waals surface area (Å²) in [5.74, 6) is 2.28. The molecule has 1 saturated heterocycles. The highest BCUT2D eigenvalue weighted by Gasteiger charge is 2.30. The molecule has 0 amide bonds. The zero-order valence-corrected chi connectivity index (χ0v) is 11.8. The molecule has 1 heteroatoms. The molecule has 0 aromatic rings. The van der Waals surface area contributed by atoms with Crippen molar-refractivity contribution < 1.29 is 0 Å². The van der Waals surface area contributed by atoms with E-state index in [2.05, 4.69) is 46.1 Å². The van der Waals surface area contributed by atoms with Crippen LogP contribution in [0, 0.1) is 17.8 Å². The van der Waals surface area contributed by atoms with E-state index in [1.807, 2.05) is 0 Å². The fourth-order valence-electron chi connectivity index (χ4n) is 3.16. The van der Waals surface area contributed by atoms with Gasteiger partial charge in [-0.25, -0.2) is 0 Å². The zero-order chi connectivity index (χ0) is 12.3. The van der Waals surface area contributed by atoms with E-state index in [0.29, 0.717) is 12.0 Å². The third kappa shape index (κ3) is 2.81. The van der Waals surface area contributed by atoms with E-state index in [1.54, 1.807) is 0 Å². The Labute approximate surface area is 102 Å². The Morgan fingerprint density at radius 1 is 1.31 bits per heavy atom. The Bertz CT molecular complexity index is 226. The van der Waals surface area contributed by atoms with Crippen LogP contribution in [0.15, 0.2) is 12.3 Å². The third-order valence-corrected chi connectivity index (χ3v) is 4.35. The van der Waals surface area contributed by atoms with E-state index in [4.69, 9.17) is 0 Å². The molecule has 4 unspecified atom stereocenters. The molecule has 1 aliphatic heterocycles. The molecule has 0 aliphatic carbocycles. The summed E-state index contributed by atoms with van der Waals surface area (Å²) in [4.78, 5) is 2.56. The second-order valence-corrected chi connectivity index (χ2v) is 5.73. The van der Waals surface area contributed by atoms with E-state index in [-0.39, 0.29) is 0 Å². The molecule has 1 heterocycles. The van der Waals surface area contributed by atoms with Gasteiger partial charge >= 0.3 is 0 Å². The minimum absolute atomic E-state index is 0.678. The fraction of sp³-hybridized carbons (Fsp3) is 0.867. The van der Waals surface area contributed by atoms with Gasteiger partial charge in [-0.05, 0) is 31.6 Å². The summed E-state index contributed by atoms with van der Waals surface area (Å²) in [5, 5.41) is 0. The van der Waals surface area contributed by atoms with Gasteiger partial charge in [0.25, 0.3) is 0 Å². The van der Waals surface area contributed by atoms with E-state index in [0.717, 1.165) is 11.8 Å². The average Bonchev–Trinajstić information content (AvgIpc) is 2.58. The number of nitrogens with zero attached hydrogens (tertiary/aromatic N) is 1. The van der Waals surface area contributed by atoms with Crippen molar-refractivity contribution >= 4 is 0 Å². The van der Waals surface area contributed by atoms with Crippen LogP contribution in [0.1, 0.15) is 53.9 Å². The lowest BCUT2D eigenvalue weighted by atomic mass is 9.86. The maximum atomic E-state index is 4.39. The smallest absolute Gasteiger partial charge is 0.0261 e. The standard InChI is InChI=1S/C15H29N/c1-7-12(4)15(8-2)14(6)16-10-11(3)9-13(16)5/h11-13,15H,6-10H2,1-5H3. The van der Waals surface area contributed by atoms with Crippen molar-refractivity contribution in [2.45, 2.75) is 59.9 Å². The minimum atomic E-state index is 0.678. The number of likely N-dealkylation sites (tertiary alicyclic amines) is 1. The average molecular weight is 223 g/mol. The summed E-state index contributed by atoms with van der Waals surface area (Å²) in [6.07, 6.45) is 3.82. The number of allylic oxidation sites excluding steroid dienone is 1. The van der Waals surface area contributed by atoms with Crippen LogP contribution >= 0.6 is 0 Å². The second-order valence-electron chi connectivity index (χ2n) is 5.73. The molecule has 1 aliphatic rings. The van der Waals surface area contributed by atoms with Crippen molar-refractivity contribution in [1.82, 2.24) is 4.90 Å². The predicted molar refractivity (Wildman–Crippen MR) is 72.3 cm³/mol. The Balaban J connectivity index is 2.68. The lowest BCUT2D eigenvalue weighted by Gasteiger charge is -2.34. The van der Waals surface area contributed by atoms with Crippen molar-refractivity contribution in [2.75, 3.05) is 6.54 Å². The van der Waals surface area contributed by atoms with Gasteiger partial charge in [-0.1, -0.05) is 40.7 Å². The highest BCUT2D eigenvalue weighted by atomic mass is 15.2. The molecule has 4 atom stereocenters. The van der Waals surface area contributed by atoms with E-state index < -0.39 is 0 Å². The first-order valence-corrected chi connectivity index (χ1v) is 6.96. The molecule has 16 heavy (non-hydrogen) atoms. The molecule has 0 radical (unpaired) electrons. The molecule has 0 spiro atoms. The molecular formula is C15H29N. The monoisotopic (exact) mass is 223 g/mol. The van der Waals surface area contributed by atoms with Gasteiger partial charge in [0.2, 0.25) is 0 Å². The van der Waals surface area contributed by atoms with Crippen LogP contribution in [0.2, 0.25) is 0 Å². The van der Waals surface area contributed by atoms with Crippen LogP contribution in [0.25, 0.3) is 0 Å². The zero-order valence-electron chi connectivity index (χ0n) is 11.8. The van der Waals surface area contributed by atoms with Gasteiger partial charge in [-0.15, -0.1) is 0 Å². The predicted octanol–water partition coefficient (Wildman–Crippen LogP) is 4.30. The first-order chi connectivity index (χ1) is 7.51. The molecule has 0 saturated carbocycles. The minimum Gasteiger partial charge on any atom is -0.372 e. The van der Waals surface area contributed by atoms with Crippen LogP contribution in [0.5, 0.6) is 0 Å².